The monoisotopic (exact) mass is 1510 g/mol. The van der Waals surface area contributed by atoms with Gasteiger partial charge in [0.2, 0.25) is 0 Å². The molecule has 2 aliphatic rings. The number of thiophene rings is 2. The van der Waals surface area contributed by atoms with Crippen LogP contribution < -0.4 is 10.2 Å². The van der Waals surface area contributed by atoms with Gasteiger partial charge in [0, 0.05) is 79.5 Å². The van der Waals surface area contributed by atoms with Crippen LogP contribution in [-0.4, -0.2) is 0 Å². The number of halogens is 1. The van der Waals surface area contributed by atoms with Gasteiger partial charge in [0.1, 0.15) is 0 Å². The molecule has 20 rings (SSSR count). The molecule has 0 aliphatic heterocycles. The van der Waals surface area contributed by atoms with Gasteiger partial charge in [0.25, 0.3) is 0 Å². The molecule has 1 N–H and O–H groups in total. The molecule has 0 saturated carbocycles. The fourth-order valence-corrected chi connectivity index (χ4v) is 18.5. The van der Waals surface area contributed by atoms with Crippen LogP contribution in [0.3, 0.4) is 0 Å². The Balaban J connectivity index is 0.000000130. The number of benzene rings is 16. The third-order valence-corrected chi connectivity index (χ3v) is 24.0. The summed E-state index contributed by atoms with van der Waals surface area (Å²) in [6.45, 7) is 11.6. The number of nitrogens with one attached hydrogen (secondary N) is 1. The minimum atomic E-state index is -0.115. The molecule has 0 amide bonds. The number of rotatable bonds is 10. The molecule has 510 valence electrons. The SMILES string of the molecule is CC1(C)c2ccccc2-c2ccc(N(c3ccc(-c4ccccc4)cc3)c3cc4sc5ccccc5c4cc3-c3ccc(-c4ccccc4)cc3)cc21.CC1(C)c2ccccc2-c2ccc(Nc3ccc(-c4ccccc4)cc3)cc21.Cc1cc2sc3ccccc3c2cc1-c1ccc2ccccc2c1.I. The van der Waals surface area contributed by atoms with Gasteiger partial charge < -0.3 is 10.2 Å². The molecule has 0 atom stereocenters. The predicted molar refractivity (Wildman–Crippen MR) is 469 cm³/mol. The van der Waals surface area contributed by atoms with Crippen molar-refractivity contribution in [2.75, 3.05) is 10.2 Å². The molecule has 2 aromatic heterocycles. The largest absolute Gasteiger partial charge is 0.356 e. The maximum absolute atomic E-state index is 3.58. The van der Waals surface area contributed by atoms with Crippen molar-refractivity contribution in [1.29, 1.82) is 0 Å². The van der Waals surface area contributed by atoms with Gasteiger partial charge >= 0.3 is 0 Å². The summed E-state index contributed by atoms with van der Waals surface area (Å²) < 4.78 is 5.33. The second kappa shape index (κ2) is 28.2. The normalized spacial score (nSPS) is 12.7. The Morgan fingerprint density at radius 3 is 1.24 bits per heavy atom. The fraction of sp³-hybridized carbons (Fsp3) is 0.0693. The lowest BCUT2D eigenvalue weighted by atomic mass is 9.82. The molecular weight excluding hydrogens is 1430 g/mol. The summed E-state index contributed by atoms with van der Waals surface area (Å²) in [5.41, 5.74) is 30.2. The Kier molecular flexibility index (Phi) is 18.0. The standard InChI is InChI=1S/C51H37NS.C27H23N.C23H16S.HI/c1-51(2)46-19-11-9-17-41(46)42-30-29-40(31-47(42)51)52(39-27-25-37(26-28-39)35-15-7-4-8-16-35)48-33-50-45(43-18-10-12-20-49(43)53-50)32-44(48)38-23-21-36(22-24-38)34-13-5-3-6-14-34;1-27(2)25-11-7-6-10-23(25)24-17-16-22(18-26(24)27)28-21-14-12-20(13-15-21)19-8-4-3-5-9-19;1-15-12-23-21(19-8-4-5-9-22(19)24-23)14-20(15)18-11-10-16-6-2-3-7-17(16)13-18;/h3-33H,1-2H3;3-18,28H,1-2H3;2-14H,1H3;1H. The molecule has 2 heterocycles. The highest BCUT2D eigenvalue weighted by Gasteiger charge is 2.37. The van der Waals surface area contributed by atoms with E-state index in [1.807, 2.05) is 28.7 Å². The van der Waals surface area contributed by atoms with Crippen LogP contribution in [0, 0.1) is 6.92 Å². The topological polar surface area (TPSA) is 15.3 Å². The molecule has 0 fully saturated rings. The van der Waals surface area contributed by atoms with E-state index >= 15 is 0 Å². The van der Waals surface area contributed by atoms with Gasteiger partial charge in [-0.3, -0.25) is 0 Å². The predicted octanol–water partition coefficient (Wildman–Crippen LogP) is 30.0. The number of hydrogen-bond acceptors (Lipinski definition) is 4. The summed E-state index contributed by atoms with van der Waals surface area (Å²) >= 11 is 3.75. The summed E-state index contributed by atoms with van der Waals surface area (Å²) in [5.74, 6) is 0. The van der Waals surface area contributed by atoms with E-state index in [9.17, 15) is 0 Å². The van der Waals surface area contributed by atoms with Crippen molar-refractivity contribution < 1.29 is 0 Å². The zero-order chi connectivity index (χ0) is 70.8. The first-order valence-corrected chi connectivity index (χ1v) is 38.0. The smallest absolute Gasteiger partial charge is 0.0554 e. The third-order valence-electron chi connectivity index (χ3n) is 21.7. The van der Waals surface area contributed by atoms with Crippen LogP contribution in [0.5, 0.6) is 0 Å². The van der Waals surface area contributed by atoms with Gasteiger partial charge in [-0.1, -0.05) is 301 Å². The van der Waals surface area contributed by atoms with E-state index < -0.39 is 0 Å². The lowest BCUT2D eigenvalue weighted by Gasteiger charge is -2.30. The van der Waals surface area contributed by atoms with Crippen molar-refractivity contribution in [3.63, 3.8) is 0 Å². The summed E-state index contributed by atoms with van der Waals surface area (Å²) in [7, 11) is 0. The molecular formula is C101H77IN2S2. The highest BCUT2D eigenvalue weighted by atomic mass is 127. The Bertz CT molecular complexity index is 6290. The second-order valence-electron chi connectivity index (χ2n) is 28.9. The van der Waals surface area contributed by atoms with E-state index in [1.165, 1.54) is 157 Å². The molecule has 2 aliphatic carbocycles. The van der Waals surface area contributed by atoms with Crippen LogP contribution in [0.15, 0.2) is 364 Å². The van der Waals surface area contributed by atoms with Gasteiger partial charge in [-0.25, -0.2) is 0 Å². The van der Waals surface area contributed by atoms with Crippen LogP contribution >= 0.6 is 46.7 Å². The fourth-order valence-electron chi connectivity index (χ4n) is 16.2. The van der Waals surface area contributed by atoms with Crippen LogP contribution in [0.25, 0.3) is 129 Å². The van der Waals surface area contributed by atoms with Crippen molar-refractivity contribution in [1.82, 2.24) is 0 Å². The second-order valence-corrected chi connectivity index (χ2v) is 31.0. The molecule has 18 aromatic rings. The van der Waals surface area contributed by atoms with Crippen molar-refractivity contribution >= 4 is 126 Å². The maximum Gasteiger partial charge on any atom is 0.0554 e. The van der Waals surface area contributed by atoms with Crippen molar-refractivity contribution in [2.45, 2.75) is 45.4 Å². The lowest BCUT2D eigenvalue weighted by Crippen LogP contribution is -2.16. The summed E-state index contributed by atoms with van der Waals surface area (Å²) in [6.07, 6.45) is 0. The van der Waals surface area contributed by atoms with E-state index in [4.69, 9.17) is 0 Å². The van der Waals surface area contributed by atoms with Crippen LogP contribution in [0.4, 0.5) is 28.4 Å². The van der Waals surface area contributed by atoms with Crippen LogP contribution in [-0.2, 0) is 10.8 Å². The molecule has 16 aromatic carbocycles. The van der Waals surface area contributed by atoms with Crippen molar-refractivity contribution in [2.24, 2.45) is 0 Å². The van der Waals surface area contributed by atoms with Crippen LogP contribution in [0.2, 0.25) is 0 Å². The molecule has 0 saturated heterocycles. The first-order valence-electron chi connectivity index (χ1n) is 36.3. The number of hydrogen-bond donors (Lipinski definition) is 1. The zero-order valence-corrected chi connectivity index (χ0v) is 63.8. The Labute approximate surface area is 646 Å². The lowest BCUT2D eigenvalue weighted by molar-refractivity contribution is 0.660. The average Bonchev–Trinajstić information content (AvgIpc) is 1.53. The molecule has 5 heteroatoms. The van der Waals surface area contributed by atoms with Crippen molar-refractivity contribution in [3.8, 4) is 77.9 Å². The minimum absolute atomic E-state index is 0. The molecule has 0 bridgehead atoms. The quantitative estimate of drug-likeness (QED) is 0.137. The van der Waals surface area contributed by atoms with Gasteiger partial charge in [-0.2, -0.15) is 0 Å². The molecule has 0 spiro atoms. The Morgan fingerprint density at radius 2 is 0.660 bits per heavy atom. The summed E-state index contributed by atoms with van der Waals surface area (Å²) in [4.78, 5) is 2.48. The van der Waals surface area contributed by atoms with Gasteiger partial charge in [-0.05, 0) is 209 Å². The van der Waals surface area contributed by atoms with E-state index in [1.54, 1.807) is 0 Å². The van der Waals surface area contributed by atoms with E-state index in [2.05, 4.69) is 403 Å². The number of anilines is 5. The van der Waals surface area contributed by atoms with E-state index in [0.29, 0.717) is 0 Å². The number of nitrogens with zero attached hydrogens (tertiary/aromatic N) is 1. The van der Waals surface area contributed by atoms with E-state index in [-0.39, 0.29) is 34.8 Å². The number of fused-ring (bicyclic) bond motifs is 13. The van der Waals surface area contributed by atoms with Crippen molar-refractivity contribution in [3.05, 3.63) is 392 Å². The molecule has 2 nitrogen and oxygen atoms in total. The highest BCUT2D eigenvalue weighted by molar-refractivity contribution is 14.0. The van der Waals surface area contributed by atoms with Gasteiger partial charge in [0.15, 0.2) is 0 Å². The maximum atomic E-state index is 3.58. The first-order chi connectivity index (χ1) is 51.4. The first kappa shape index (κ1) is 67.7. The van der Waals surface area contributed by atoms with Crippen LogP contribution in [0.1, 0.15) is 55.5 Å². The highest BCUT2D eigenvalue weighted by Crippen LogP contribution is 2.54. The minimum Gasteiger partial charge on any atom is -0.356 e. The molecule has 106 heavy (non-hydrogen) atoms. The zero-order valence-electron chi connectivity index (χ0n) is 59.8. The van der Waals surface area contributed by atoms with Gasteiger partial charge in [-0.15, -0.1) is 46.7 Å². The molecule has 0 radical (unpaired) electrons. The molecule has 0 unspecified atom stereocenters. The number of aryl methyl sites for hydroxylation is 1. The summed E-state index contributed by atoms with van der Waals surface area (Å²) in [5, 5.41) is 11.5. The summed E-state index contributed by atoms with van der Waals surface area (Å²) in [6, 6.07) is 132. The average molecular weight is 1510 g/mol. The Hall–Kier alpha value is -11.5. The Morgan fingerprint density at radius 1 is 0.255 bits per heavy atom. The van der Waals surface area contributed by atoms with E-state index in [0.717, 1.165) is 28.4 Å². The third kappa shape index (κ3) is 12.6. The van der Waals surface area contributed by atoms with Gasteiger partial charge in [0.05, 0.1) is 5.69 Å².